The molecule has 3 heteroatoms. The van der Waals surface area contributed by atoms with E-state index in [0.717, 1.165) is 43.7 Å². The fourth-order valence-electron chi connectivity index (χ4n) is 4.14. The average molecular weight is 301 g/mol. The van der Waals surface area contributed by atoms with Gasteiger partial charge in [-0.2, -0.15) is 0 Å². The second kappa shape index (κ2) is 7.28. The van der Waals surface area contributed by atoms with Crippen molar-refractivity contribution in [1.29, 1.82) is 0 Å². The smallest absolute Gasteiger partial charge is 0.227 e. The Morgan fingerprint density at radius 2 is 1.91 bits per heavy atom. The molecule has 1 N–H and O–H groups in total. The first-order valence-electron chi connectivity index (χ1n) is 8.88. The predicted molar refractivity (Wildman–Crippen MR) is 88.8 cm³/mol. The minimum atomic E-state index is 0.294. The summed E-state index contributed by atoms with van der Waals surface area (Å²) >= 11 is 0. The third-order valence-electron chi connectivity index (χ3n) is 5.47. The van der Waals surface area contributed by atoms with Crippen molar-refractivity contribution in [2.24, 2.45) is 5.92 Å². The molecule has 1 saturated carbocycles. The van der Waals surface area contributed by atoms with Gasteiger partial charge in [0.05, 0.1) is 38.6 Å². The first-order valence-corrected chi connectivity index (χ1v) is 8.88. The Morgan fingerprint density at radius 3 is 2.59 bits per heavy atom. The Labute approximate surface area is 134 Å². The standard InChI is InChI=1S/C19H28N2O/c1-16-6-5-9-18(14-16)20-10-12-21(13-11-20)19(22)15-17-7-3-2-4-8-17/h2-4,7-8,16,18H,5-6,9-15H2,1H3/p+1/t16-,18+/m1/s1. The Balaban J connectivity index is 1.48. The van der Waals surface area contributed by atoms with Crippen LogP contribution in [0.5, 0.6) is 0 Å². The van der Waals surface area contributed by atoms with E-state index in [0.29, 0.717) is 12.3 Å². The highest BCUT2D eigenvalue weighted by Crippen LogP contribution is 2.22. The van der Waals surface area contributed by atoms with Gasteiger partial charge in [0.2, 0.25) is 5.91 Å². The van der Waals surface area contributed by atoms with Crippen molar-refractivity contribution in [1.82, 2.24) is 4.90 Å². The van der Waals surface area contributed by atoms with Gasteiger partial charge in [0, 0.05) is 6.42 Å². The summed E-state index contributed by atoms with van der Waals surface area (Å²) < 4.78 is 0. The van der Waals surface area contributed by atoms with Crippen molar-refractivity contribution in [3.8, 4) is 0 Å². The molecule has 0 unspecified atom stereocenters. The van der Waals surface area contributed by atoms with Crippen LogP contribution in [-0.4, -0.2) is 43.0 Å². The molecule has 2 fully saturated rings. The Hall–Kier alpha value is -1.35. The molecule has 1 saturated heterocycles. The second-order valence-corrected chi connectivity index (χ2v) is 7.17. The third kappa shape index (κ3) is 3.89. The van der Waals surface area contributed by atoms with E-state index in [4.69, 9.17) is 0 Å². The molecule has 2 atom stereocenters. The van der Waals surface area contributed by atoms with E-state index in [9.17, 15) is 4.79 Å². The van der Waals surface area contributed by atoms with Crippen molar-refractivity contribution in [3.63, 3.8) is 0 Å². The molecule has 1 aromatic rings. The summed E-state index contributed by atoms with van der Waals surface area (Å²) in [6, 6.07) is 11.0. The lowest BCUT2D eigenvalue weighted by Gasteiger charge is -2.39. The first-order chi connectivity index (χ1) is 10.7. The van der Waals surface area contributed by atoms with Gasteiger partial charge in [-0.1, -0.05) is 43.7 Å². The maximum atomic E-state index is 12.4. The lowest BCUT2D eigenvalue weighted by molar-refractivity contribution is -0.930. The molecule has 2 aliphatic rings. The zero-order chi connectivity index (χ0) is 15.4. The highest BCUT2D eigenvalue weighted by atomic mass is 16.2. The van der Waals surface area contributed by atoms with Gasteiger partial charge in [-0.05, 0) is 24.3 Å². The summed E-state index contributed by atoms with van der Waals surface area (Å²) in [5, 5.41) is 0. The van der Waals surface area contributed by atoms with E-state index in [-0.39, 0.29) is 0 Å². The number of hydrogen-bond acceptors (Lipinski definition) is 1. The van der Waals surface area contributed by atoms with Gasteiger partial charge in [0.25, 0.3) is 0 Å². The fourth-order valence-corrected chi connectivity index (χ4v) is 4.14. The summed E-state index contributed by atoms with van der Waals surface area (Å²) in [6.45, 7) is 6.54. The molecule has 0 spiro atoms. The average Bonchev–Trinajstić information content (AvgIpc) is 2.56. The molecule has 3 nitrogen and oxygen atoms in total. The van der Waals surface area contributed by atoms with Crippen LogP contribution in [0.3, 0.4) is 0 Å². The van der Waals surface area contributed by atoms with Crippen LogP contribution >= 0.6 is 0 Å². The summed E-state index contributed by atoms with van der Waals surface area (Å²) in [6.07, 6.45) is 6.12. The summed E-state index contributed by atoms with van der Waals surface area (Å²) in [4.78, 5) is 16.2. The highest BCUT2D eigenvalue weighted by molar-refractivity contribution is 5.78. The van der Waals surface area contributed by atoms with Crippen LogP contribution < -0.4 is 4.90 Å². The first kappa shape index (κ1) is 15.5. The van der Waals surface area contributed by atoms with Gasteiger partial charge in [-0.15, -0.1) is 0 Å². The summed E-state index contributed by atoms with van der Waals surface area (Å²) in [7, 11) is 0. The molecular formula is C19H29N2O+. The van der Waals surface area contributed by atoms with E-state index < -0.39 is 0 Å². The van der Waals surface area contributed by atoms with Crippen LogP contribution in [0.2, 0.25) is 0 Å². The number of carbonyl (C=O) groups is 1. The number of benzene rings is 1. The highest BCUT2D eigenvalue weighted by Gasteiger charge is 2.31. The van der Waals surface area contributed by atoms with Crippen LogP contribution in [0.15, 0.2) is 30.3 Å². The maximum absolute atomic E-state index is 12.4. The summed E-state index contributed by atoms with van der Waals surface area (Å²) in [5.74, 6) is 1.19. The zero-order valence-corrected chi connectivity index (χ0v) is 13.8. The molecule has 3 rings (SSSR count). The van der Waals surface area contributed by atoms with E-state index in [1.165, 1.54) is 25.7 Å². The number of carbonyl (C=O) groups excluding carboxylic acids is 1. The SMILES string of the molecule is C[C@@H]1CCC[C@H]([NH+]2CCN(C(=O)Cc3ccccc3)CC2)C1. The van der Waals surface area contributed by atoms with Gasteiger partial charge in [0.1, 0.15) is 0 Å². The molecule has 1 heterocycles. The van der Waals surface area contributed by atoms with Crippen LogP contribution in [0.25, 0.3) is 0 Å². The molecular weight excluding hydrogens is 272 g/mol. The quantitative estimate of drug-likeness (QED) is 0.900. The Kier molecular flexibility index (Phi) is 5.14. The van der Waals surface area contributed by atoms with Crippen molar-refractivity contribution in [3.05, 3.63) is 35.9 Å². The third-order valence-corrected chi connectivity index (χ3v) is 5.47. The minimum Gasteiger partial charge on any atom is -0.331 e. The number of rotatable bonds is 3. The Morgan fingerprint density at radius 1 is 1.18 bits per heavy atom. The van der Waals surface area contributed by atoms with E-state index in [1.54, 1.807) is 4.90 Å². The van der Waals surface area contributed by atoms with E-state index in [2.05, 4.69) is 11.8 Å². The van der Waals surface area contributed by atoms with Crippen LogP contribution in [0, 0.1) is 5.92 Å². The predicted octanol–water partition coefficient (Wildman–Crippen LogP) is 1.53. The van der Waals surface area contributed by atoms with Gasteiger partial charge in [-0.3, -0.25) is 4.79 Å². The number of amides is 1. The number of nitrogens with zero attached hydrogens (tertiary/aromatic N) is 1. The molecule has 0 bridgehead atoms. The Bertz CT molecular complexity index is 479. The van der Waals surface area contributed by atoms with Crippen molar-refractivity contribution >= 4 is 5.91 Å². The van der Waals surface area contributed by atoms with Crippen LogP contribution in [-0.2, 0) is 11.2 Å². The number of hydrogen-bond donors (Lipinski definition) is 1. The van der Waals surface area contributed by atoms with Gasteiger partial charge in [0.15, 0.2) is 0 Å². The summed E-state index contributed by atoms with van der Waals surface area (Å²) in [5.41, 5.74) is 1.13. The molecule has 120 valence electrons. The maximum Gasteiger partial charge on any atom is 0.227 e. The minimum absolute atomic E-state index is 0.294. The van der Waals surface area contributed by atoms with Crippen LogP contribution in [0.4, 0.5) is 0 Å². The van der Waals surface area contributed by atoms with E-state index >= 15 is 0 Å². The molecule has 22 heavy (non-hydrogen) atoms. The fraction of sp³-hybridized carbons (Fsp3) is 0.632. The van der Waals surface area contributed by atoms with Crippen molar-refractivity contribution in [2.45, 2.75) is 45.1 Å². The monoisotopic (exact) mass is 301 g/mol. The molecule has 0 radical (unpaired) electrons. The lowest BCUT2D eigenvalue weighted by atomic mass is 9.86. The normalized spacial score (nSPS) is 26.9. The number of nitrogens with one attached hydrogen (secondary N) is 1. The molecule has 1 aliphatic carbocycles. The van der Waals surface area contributed by atoms with Gasteiger partial charge < -0.3 is 9.80 Å². The largest absolute Gasteiger partial charge is 0.331 e. The van der Waals surface area contributed by atoms with Crippen LogP contribution in [0.1, 0.15) is 38.2 Å². The zero-order valence-electron chi connectivity index (χ0n) is 13.8. The topological polar surface area (TPSA) is 24.8 Å². The molecule has 0 aromatic heterocycles. The molecule has 1 aliphatic heterocycles. The molecule has 1 aromatic carbocycles. The number of piperazine rings is 1. The molecule has 1 amide bonds. The van der Waals surface area contributed by atoms with Gasteiger partial charge in [-0.25, -0.2) is 0 Å². The van der Waals surface area contributed by atoms with E-state index in [1.807, 2.05) is 30.3 Å². The van der Waals surface area contributed by atoms with Crippen molar-refractivity contribution < 1.29 is 9.69 Å². The lowest BCUT2D eigenvalue weighted by Crippen LogP contribution is -3.18. The van der Waals surface area contributed by atoms with Crippen molar-refractivity contribution in [2.75, 3.05) is 26.2 Å². The number of quaternary nitrogens is 1. The second-order valence-electron chi connectivity index (χ2n) is 7.17. The van der Waals surface area contributed by atoms with Gasteiger partial charge >= 0.3 is 0 Å².